The molecule has 0 aliphatic carbocycles. The average molecular weight is 496 g/mol. The number of aliphatic imine (C=N–C) groups is 1. The first-order chi connectivity index (χ1) is 11.8. The molecule has 0 bridgehead atoms. The Balaban J connectivity index is 0.00000625. The second-order valence-corrected chi connectivity index (χ2v) is 8.03. The third kappa shape index (κ3) is 10.6. The van der Waals surface area contributed by atoms with Crippen molar-refractivity contribution in [3.05, 3.63) is 35.9 Å². The van der Waals surface area contributed by atoms with Crippen molar-refractivity contribution in [2.45, 2.75) is 19.1 Å². The van der Waals surface area contributed by atoms with Gasteiger partial charge in [0.1, 0.15) is 6.54 Å². The van der Waals surface area contributed by atoms with Gasteiger partial charge in [0.05, 0.1) is 11.5 Å². The molecule has 0 saturated carbocycles. The van der Waals surface area contributed by atoms with E-state index in [1.165, 1.54) is 4.90 Å². The molecule has 0 aromatic heterocycles. The Kier molecular flexibility index (Phi) is 12.2. The Hall–Kier alpha value is -1.36. The van der Waals surface area contributed by atoms with Crippen molar-refractivity contribution in [1.29, 1.82) is 0 Å². The van der Waals surface area contributed by atoms with E-state index in [1.54, 1.807) is 14.1 Å². The van der Waals surface area contributed by atoms with Crippen LogP contribution in [0.25, 0.3) is 0 Å². The molecule has 0 aliphatic heterocycles. The summed E-state index contributed by atoms with van der Waals surface area (Å²) in [6.07, 6.45) is 0.473. The second-order valence-electron chi connectivity index (χ2n) is 5.84. The predicted octanol–water partition coefficient (Wildman–Crippen LogP) is 1.25. The van der Waals surface area contributed by atoms with Gasteiger partial charge in [-0.3, -0.25) is 4.79 Å². The standard InChI is InChI=1S/C17H28N4O3S.HI/c1-4-18-17(20-13-16(22)21(2)3)19-11-8-12-25(23,24)14-15-9-6-5-7-10-15;/h5-7,9-10H,4,8,11-14H2,1-3H3,(H2,18,19,20);1H. The van der Waals surface area contributed by atoms with Gasteiger partial charge in [0.15, 0.2) is 15.8 Å². The number of benzene rings is 1. The van der Waals surface area contributed by atoms with Crippen LogP contribution in [0.1, 0.15) is 18.9 Å². The molecule has 0 radical (unpaired) electrons. The number of likely N-dealkylation sites (N-methyl/N-ethyl adjacent to an activating group) is 1. The zero-order valence-electron chi connectivity index (χ0n) is 15.6. The third-order valence-electron chi connectivity index (χ3n) is 3.37. The van der Waals surface area contributed by atoms with Crippen molar-refractivity contribution >= 4 is 45.7 Å². The van der Waals surface area contributed by atoms with E-state index in [2.05, 4.69) is 15.6 Å². The fraction of sp³-hybridized carbons (Fsp3) is 0.529. The number of nitrogens with one attached hydrogen (secondary N) is 2. The molecule has 1 rings (SSSR count). The topological polar surface area (TPSA) is 90.9 Å². The first kappa shape index (κ1) is 24.6. The Labute approximate surface area is 173 Å². The minimum Gasteiger partial charge on any atom is -0.357 e. The monoisotopic (exact) mass is 496 g/mol. The van der Waals surface area contributed by atoms with E-state index in [-0.39, 0.29) is 47.9 Å². The molecule has 26 heavy (non-hydrogen) atoms. The molecule has 0 fully saturated rings. The fourth-order valence-electron chi connectivity index (χ4n) is 2.03. The lowest BCUT2D eigenvalue weighted by Gasteiger charge is -2.12. The number of hydrogen-bond donors (Lipinski definition) is 2. The highest BCUT2D eigenvalue weighted by Gasteiger charge is 2.11. The Morgan fingerprint density at radius 3 is 2.38 bits per heavy atom. The van der Waals surface area contributed by atoms with E-state index in [0.717, 1.165) is 5.56 Å². The van der Waals surface area contributed by atoms with Crippen molar-refractivity contribution in [3.8, 4) is 0 Å². The number of halogens is 1. The predicted molar refractivity (Wildman–Crippen MR) is 117 cm³/mol. The summed E-state index contributed by atoms with van der Waals surface area (Å²) in [6.45, 7) is 3.11. The quantitative estimate of drug-likeness (QED) is 0.233. The lowest BCUT2D eigenvalue weighted by Crippen LogP contribution is -2.39. The van der Waals surface area contributed by atoms with Crippen LogP contribution < -0.4 is 10.6 Å². The zero-order valence-corrected chi connectivity index (χ0v) is 18.7. The van der Waals surface area contributed by atoms with E-state index in [9.17, 15) is 13.2 Å². The van der Waals surface area contributed by atoms with Crippen LogP contribution in [0, 0.1) is 0 Å². The zero-order chi connectivity index (χ0) is 18.7. The summed E-state index contributed by atoms with van der Waals surface area (Å²) in [5, 5.41) is 6.09. The molecule has 1 aromatic rings. The van der Waals surface area contributed by atoms with Gasteiger partial charge in [-0.05, 0) is 18.9 Å². The molecule has 0 aliphatic rings. The van der Waals surface area contributed by atoms with Gasteiger partial charge in [0, 0.05) is 27.2 Å². The molecule has 2 N–H and O–H groups in total. The minimum atomic E-state index is -3.14. The highest BCUT2D eigenvalue weighted by Crippen LogP contribution is 2.06. The van der Waals surface area contributed by atoms with Gasteiger partial charge in [-0.2, -0.15) is 0 Å². The first-order valence-electron chi connectivity index (χ1n) is 8.30. The summed E-state index contributed by atoms with van der Waals surface area (Å²) in [5.74, 6) is 0.574. The van der Waals surface area contributed by atoms with Crippen LogP contribution in [0.3, 0.4) is 0 Å². The minimum absolute atomic E-state index is 0. The number of hydrogen-bond acceptors (Lipinski definition) is 4. The van der Waals surface area contributed by atoms with Crippen molar-refractivity contribution < 1.29 is 13.2 Å². The summed E-state index contributed by atoms with van der Waals surface area (Å²) in [6, 6.07) is 9.16. The Morgan fingerprint density at radius 1 is 1.15 bits per heavy atom. The number of guanidine groups is 1. The third-order valence-corrected chi connectivity index (χ3v) is 5.05. The summed E-state index contributed by atoms with van der Waals surface area (Å²) in [5.41, 5.74) is 0.799. The number of carbonyl (C=O) groups is 1. The normalized spacial score (nSPS) is 11.4. The lowest BCUT2D eigenvalue weighted by atomic mass is 10.2. The number of amides is 1. The van der Waals surface area contributed by atoms with Crippen LogP contribution in [-0.2, 0) is 20.4 Å². The van der Waals surface area contributed by atoms with Crippen molar-refractivity contribution in [1.82, 2.24) is 15.5 Å². The summed E-state index contributed by atoms with van der Waals surface area (Å²) in [7, 11) is 0.210. The number of rotatable bonds is 9. The molecule has 1 amide bonds. The van der Waals surface area contributed by atoms with Crippen LogP contribution in [-0.4, -0.2) is 64.7 Å². The Bertz CT molecular complexity index is 664. The first-order valence-corrected chi connectivity index (χ1v) is 10.1. The Morgan fingerprint density at radius 2 is 1.81 bits per heavy atom. The van der Waals surface area contributed by atoms with Gasteiger partial charge in [-0.1, -0.05) is 30.3 Å². The number of carbonyl (C=O) groups excluding carboxylic acids is 1. The molecule has 0 spiro atoms. The largest absolute Gasteiger partial charge is 0.357 e. The molecule has 1 aromatic carbocycles. The van der Waals surface area contributed by atoms with Gasteiger partial charge in [0.2, 0.25) is 5.91 Å². The maximum absolute atomic E-state index is 12.1. The van der Waals surface area contributed by atoms with Gasteiger partial charge < -0.3 is 15.5 Å². The maximum atomic E-state index is 12.1. The molecule has 0 heterocycles. The second kappa shape index (κ2) is 12.9. The molecule has 148 valence electrons. The molecule has 7 nitrogen and oxygen atoms in total. The van der Waals surface area contributed by atoms with E-state index in [0.29, 0.717) is 25.5 Å². The van der Waals surface area contributed by atoms with E-state index < -0.39 is 9.84 Å². The van der Waals surface area contributed by atoms with Crippen molar-refractivity contribution in [2.75, 3.05) is 39.5 Å². The van der Waals surface area contributed by atoms with Crippen LogP contribution in [0.4, 0.5) is 0 Å². The smallest absolute Gasteiger partial charge is 0.243 e. The van der Waals surface area contributed by atoms with Gasteiger partial charge in [0.25, 0.3) is 0 Å². The van der Waals surface area contributed by atoms with Crippen molar-refractivity contribution in [3.63, 3.8) is 0 Å². The molecule has 0 atom stereocenters. The van der Waals surface area contributed by atoms with E-state index in [1.807, 2.05) is 37.3 Å². The summed E-state index contributed by atoms with van der Waals surface area (Å²) >= 11 is 0. The molecule has 0 unspecified atom stereocenters. The van der Waals surface area contributed by atoms with Crippen LogP contribution >= 0.6 is 24.0 Å². The van der Waals surface area contributed by atoms with Crippen molar-refractivity contribution in [2.24, 2.45) is 4.99 Å². The highest BCUT2D eigenvalue weighted by atomic mass is 127. The van der Waals surface area contributed by atoms with Gasteiger partial charge >= 0.3 is 0 Å². The van der Waals surface area contributed by atoms with Crippen LogP contribution in [0.5, 0.6) is 0 Å². The highest BCUT2D eigenvalue weighted by molar-refractivity contribution is 14.0. The number of sulfone groups is 1. The fourth-order valence-corrected chi connectivity index (χ4v) is 3.46. The molecular formula is C17H29IN4O3S. The van der Waals surface area contributed by atoms with Crippen LogP contribution in [0.2, 0.25) is 0 Å². The summed E-state index contributed by atoms with van der Waals surface area (Å²) in [4.78, 5) is 17.2. The van der Waals surface area contributed by atoms with E-state index in [4.69, 9.17) is 0 Å². The lowest BCUT2D eigenvalue weighted by molar-refractivity contribution is -0.127. The van der Waals surface area contributed by atoms with Crippen LogP contribution in [0.15, 0.2) is 35.3 Å². The maximum Gasteiger partial charge on any atom is 0.243 e. The molecule has 9 heteroatoms. The van der Waals surface area contributed by atoms with E-state index >= 15 is 0 Å². The number of nitrogens with zero attached hydrogens (tertiary/aromatic N) is 2. The summed E-state index contributed by atoms with van der Waals surface area (Å²) < 4.78 is 24.3. The molecule has 0 saturated heterocycles. The SMILES string of the molecule is CCNC(=NCC(=O)N(C)C)NCCCS(=O)(=O)Cc1ccccc1.I. The van der Waals surface area contributed by atoms with Gasteiger partial charge in [-0.25, -0.2) is 13.4 Å². The van der Waals surface area contributed by atoms with Gasteiger partial charge in [-0.15, -0.1) is 24.0 Å². The molecular weight excluding hydrogens is 467 g/mol. The average Bonchev–Trinajstić information content (AvgIpc) is 2.56.